The first-order valence-electron chi connectivity index (χ1n) is 3.53. The Labute approximate surface area is 70.2 Å². The molecule has 2 N–H and O–H groups in total. The smallest absolute Gasteiger partial charge is 0.209 e. The summed E-state index contributed by atoms with van der Waals surface area (Å²) in [4.78, 5) is 0. The van der Waals surface area contributed by atoms with Gasteiger partial charge in [-0.25, -0.2) is 4.68 Å². The molecule has 1 aromatic rings. The molecule has 0 amide bonds. The SMILES string of the molecule is CCCc1nnc(SC)n1N. The number of nitrogens with zero attached hydrogens (tertiary/aromatic N) is 3. The summed E-state index contributed by atoms with van der Waals surface area (Å²) in [7, 11) is 0. The maximum atomic E-state index is 5.67. The third-order valence-electron chi connectivity index (χ3n) is 1.39. The van der Waals surface area contributed by atoms with Crippen LogP contribution >= 0.6 is 11.8 Å². The van der Waals surface area contributed by atoms with Gasteiger partial charge >= 0.3 is 0 Å². The highest BCUT2D eigenvalue weighted by atomic mass is 32.2. The van der Waals surface area contributed by atoms with E-state index in [9.17, 15) is 0 Å². The Morgan fingerprint density at radius 3 is 2.73 bits per heavy atom. The summed E-state index contributed by atoms with van der Waals surface area (Å²) in [6.45, 7) is 2.09. The predicted molar refractivity (Wildman–Crippen MR) is 45.9 cm³/mol. The zero-order valence-electron chi connectivity index (χ0n) is 6.74. The lowest BCUT2D eigenvalue weighted by Crippen LogP contribution is -2.13. The number of aromatic nitrogens is 3. The highest BCUT2D eigenvalue weighted by Gasteiger charge is 2.05. The standard InChI is InChI=1S/C6H12N4S/c1-3-4-5-8-9-6(11-2)10(5)7/h3-4,7H2,1-2H3. The van der Waals surface area contributed by atoms with Crippen molar-refractivity contribution in [2.45, 2.75) is 24.9 Å². The summed E-state index contributed by atoms with van der Waals surface area (Å²) in [6.07, 6.45) is 3.87. The fourth-order valence-electron chi connectivity index (χ4n) is 0.840. The number of hydrogen-bond donors (Lipinski definition) is 1. The Bertz CT molecular complexity index is 232. The molecule has 0 fully saturated rings. The number of nitrogen functional groups attached to an aromatic ring is 1. The molecule has 0 aliphatic rings. The Morgan fingerprint density at radius 2 is 2.27 bits per heavy atom. The second kappa shape index (κ2) is 3.61. The van der Waals surface area contributed by atoms with Crippen LogP contribution in [0.4, 0.5) is 0 Å². The van der Waals surface area contributed by atoms with Crippen molar-refractivity contribution in [3.63, 3.8) is 0 Å². The van der Waals surface area contributed by atoms with Gasteiger partial charge in [-0.3, -0.25) is 0 Å². The Morgan fingerprint density at radius 1 is 1.55 bits per heavy atom. The fraction of sp³-hybridized carbons (Fsp3) is 0.667. The van der Waals surface area contributed by atoms with Crippen LogP contribution in [-0.2, 0) is 6.42 Å². The molecule has 1 heterocycles. The molecule has 0 radical (unpaired) electrons. The third kappa shape index (κ3) is 1.65. The predicted octanol–water partition coefficient (Wildman–Crippen LogP) is 0.666. The van der Waals surface area contributed by atoms with E-state index in [0.29, 0.717) is 0 Å². The summed E-state index contributed by atoms with van der Waals surface area (Å²) in [5.74, 6) is 6.53. The van der Waals surface area contributed by atoms with E-state index in [1.807, 2.05) is 6.26 Å². The highest BCUT2D eigenvalue weighted by Crippen LogP contribution is 2.10. The first-order chi connectivity index (χ1) is 5.29. The number of aryl methyl sites for hydroxylation is 1. The third-order valence-corrected chi connectivity index (χ3v) is 2.03. The van der Waals surface area contributed by atoms with Crippen molar-refractivity contribution in [3.05, 3.63) is 5.82 Å². The second-order valence-corrected chi connectivity index (χ2v) is 3.00. The normalized spacial score (nSPS) is 10.4. The summed E-state index contributed by atoms with van der Waals surface area (Å²) in [6, 6.07) is 0. The van der Waals surface area contributed by atoms with Crippen molar-refractivity contribution in [2.75, 3.05) is 12.1 Å². The van der Waals surface area contributed by atoms with E-state index < -0.39 is 0 Å². The molecular weight excluding hydrogens is 160 g/mol. The van der Waals surface area contributed by atoms with Crippen molar-refractivity contribution in [1.82, 2.24) is 14.9 Å². The van der Waals surface area contributed by atoms with E-state index in [1.165, 1.54) is 11.8 Å². The number of rotatable bonds is 3. The first kappa shape index (κ1) is 8.39. The van der Waals surface area contributed by atoms with Crippen LogP contribution < -0.4 is 5.84 Å². The van der Waals surface area contributed by atoms with Crippen molar-refractivity contribution in [1.29, 1.82) is 0 Å². The van der Waals surface area contributed by atoms with Gasteiger partial charge in [0.1, 0.15) is 0 Å². The average molecular weight is 172 g/mol. The summed E-state index contributed by atoms with van der Waals surface area (Å²) in [5, 5.41) is 8.62. The molecule has 0 saturated carbocycles. The van der Waals surface area contributed by atoms with Crippen LogP contribution in [0.1, 0.15) is 19.2 Å². The van der Waals surface area contributed by atoms with Crippen molar-refractivity contribution in [3.8, 4) is 0 Å². The zero-order valence-corrected chi connectivity index (χ0v) is 7.56. The minimum absolute atomic E-state index is 0.772. The minimum Gasteiger partial charge on any atom is -0.336 e. The molecule has 0 aliphatic heterocycles. The average Bonchev–Trinajstić information content (AvgIpc) is 2.34. The van der Waals surface area contributed by atoms with E-state index in [2.05, 4.69) is 17.1 Å². The molecule has 0 aromatic carbocycles. The molecule has 0 unspecified atom stereocenters. The second-order valence-electron chi connectivity index (χ2n) is 2.22. The lowest BCUT2D eigenvalue weighted by atomic mass is 10.3. The summed E-state index contributed by atoms with van der Waals surface area (Å²) < 4.78 is 1.55. The van der Waals surface area contributed by atoms with Gasteiger partial charge in [-0.1, -0.05) is 18.7 Å². The van der Waals surface area contributed by atoms with E-state index in [1.54, 1.807) is 4.68 Å². The van der Waals surface area contributed by atoms with E-state index in [0.717, 1.165) is 23.8 Å². The van der Waals surface area contributed by atoms with Crippen molar-refractivity contribution >= 4 is 11.8 Å². The topological polar surface area (TPSA) is 56.7 Å². The van der Waals surface area contributed by atoms with Crippen LogP contribution in [-0.4, -0.2) is 21.1 Å². The molecule has 0 atom stereocenters. The minimum atomic E-state index is 0.772. The van der Waals surface area contributed by atoms with E-state index in [-0.39, 0.29) is 0 Å². The molecule has 62 valence electrons. The summed E-state index contributed by atoms with van der Waals surface area (Å²) >= 11 is 1.51. The van der Waals surface area contributed by atoms with Gasteiger partial charge in [-0.05, 0) is 12.7 Å². The molecule has 0 bridgehead atoms. The number of thioether (sulfide) groups is 1. The maximum absolute atomic E-state index is 5.67. The van der Waals surface area contributed by atoms with Crippen molar-refractivity contribution < 1.29 is 0 Å². The van der Waals surface area contributed by atoms with Crippen LogP contribution in [0.15, 0.2) is 5.16 Å². The Balaban J connectivity index is 2.82. The summed E-state index contributed by atoms with van der Waals surface area (Å²) in [5.41, 5.74) is 0. The maximum Gasteiger partial charge on any atom is 0.209 e. The molecule has 11 heavy (non-hydrogen) atoms. The fourth-order valence-corrected chi connectivity index (χ4v) is 1.27. The molecular formula is C6H12N4S. The van der Waals surface area contributed by atoms with Crippen LogP contribution in [0.2, 0.25) is 0 Å². The number of nitrogens with two attached hydrogens (primary N) is 1. The van der Waals surface area contributed by atoms with Gasteiger partial charge in [-0.15, -0.1) is 10.2 Å². The molecule has 1 aromatic heterocycles. The van der Waals surface area contributed by atoms with Crippen LogP contribution in [0.5, 0.6) is 0 Å². The van der Waals surface area contributed by atoms with Gasteiger partial charge in [-0.2, -0.15) is 0 Å². The lowest BCUT2D eigenvalue weighted by Gasteiger charge is -1.98. The quantitative estimate of drug-likeness (QED) is 0.537. The van der Waals surface area contributed by atoms with E-state index in [4.69, 9.17) is 5.84 Å². The molecule has 0 saturated heterocycles. The van der Waals surface area contributed by atoms with Gasteiger partial charge in [0.05, 0.1) is 0 Å². The highest BCUT2D eigenvalue weighted by molar-refractivity contribution is 7.98. The van der Waals surface area contributed by atoms with Gasteiger partial charge in [0.2, 0.25) is 5.16 Å². The van der Waals surface area contributed by atoms with Crippen LogP contribution in [0.25, 0.3) is 0 Å². The van der Waals surface area contributed by atoms with Gasteiger partial charge in [0, 0.05) is 6.42 Å². The van der Waals surface area contributed by atoms with Crippen LogP contribution in [0.3, 0.4) is 0 Å². The Hall–Kier alpha value is -0.710. The Kier molecular flexibility index (Phi) is 2.76. The monoisotopic (exact) mass is 172 g/mol. The number of hydrogen-bond acceptors (Lipinski definition) is 4. The van der Waals surface area contributed by atoms with Crippen LogP contribution in [0, 0.1) is 0 Å². The van der Waals surface area contributed by atoms with E-state index >= 15 is 0 Å². The molecule has 4 nitrogen and oxygen atoms in total. The van der Waals surface area contributed by atoms with Crippen molar-refractivity contribution in [2.24, 2.45) is 0 Å². The first-order valence-corrected chi connectivity index (χ1v) is 4.75. The van der Waals surface area contributed by atoms with Gasteiger partial charge in [0.25, 0.3) is 0 Å². The molecule has 0 spiro atoms. The molecule has 0 aliphatic carbocycles. The van der Waals surface area contributed by atoms with Gasteiger partial charge in [0.15, 0.2) is 5.82 Å². The van der Waals surface area contributed by atoms with Gasteiger partial charge < -0.3 is 5.84 Å². The molecule has 5 heteroatoms. The molecule has 1 rings (SSSR count). The zero-order chi connectivity index (χ0) is 8.27. The lowest BCUT2D eigenvalue weighted by molar-refractivity contribution is 0.757. The largest absolute Gasteiger partial charge is 0.336 e.